The third kappa shape index (κ3) is 4.08. The number of fused-ring (bicyclic) bond motifs is 3. The van der Waals surface area contributed by atoms with E-state index < -0.39 is 11.6 Å². The van der Waals surface area contributed by atoms with E-state index in [4.69, 9.17) is 9.72 Å². The van der Waals surface area contributed by atoms with Crippen LogP contribution in [0.15, 0.2) is 59.7 Å². The fourth-order valence-corrected chi connectivity index (χ4v) is 5.53. The monoisotopic (exact) mass is 491 g/mol. The van der Waals surface area contributed by atoms with Crippen LogP contribution in [0.5, 0.6) is 11.5 Å². The standard InChI is InChI=1S/C27H26FN3O3S/c1-5-30(3)13-15(2)14-31-25(18-9-8-17(34-4)12-20(18)16-6-7-16)29-26-22(27(31)33)19-10-11-21(28)23(32)24(19)35-26/h5,8-13,16,32H,1,6-7,14H2,2-4H3/b15-13+. The molecule has 1 saturated carbocycles. The van der Waals surface area contributed by atoms with E-state index in [1.54, 1.807) is 17.9 Å². The van der Waals surface area contributed by atoms with E-state index >= 15 is 0 Å². The molecular weight excluding hydrogens is 465 g/mol. The first kappa shape index (κ1) is 23.1. The fraction of sp³-hybridized carbons (Fsp3) is 0.259. The second kappa shape index (κ2) is 8.85. The summed E-state index contributed by atoms with van der Waals surface area (Å²) >= 11 is 1.13. The van der Waals surface area contributed by atoms with Crippen molar-refractivity contribution < 1.29 is 14.2 Å². The van der Waals surface area contributed by atoms with E-state index in [1.165, 1.54) is 12.1 Å². The van der Waals surface area contributed by atoms with Gasteiger partial charge in [-0.05, 0) is 73.4 Å². The number of allylic oxidation sites excluding steroid dienone is 1. The van der Waals surface area contributed by atoms with Crippen molar-refractivity contribution in [3.8, 4) is 22.9 Å². The summed E-state index contributed by atoms with van der Waals surface area (Å²) in [6.45, 7) is 6.04. The van der Waals surface area contributed by atoms with Gasteiger partial charge in [0.1, 0.15) is 16.4 Å². The molecular formula is C27H26FN3O3S. The highest BCUT2D eigenvalue weighted by molar-refractivity contribution is 7.25. The number of benzene rings is 2. The molecule has 6 nitrogen and oxygen atoms in total. The summed E-state index contributed by atoms with van der Waals surface area (Å²) in [5.74, 6) is 0.529. The third-order valence-corrected chi connectivity index (χ3v) is 7.43. The lowest BCUT2D eigenvalue weighted by atomic mass is 10.0. The van der Waals surface area contributed by atoms with E-state index in [0.29, 0.717) is 38.6 Å². The number of rotatable bonds is 7. The Bertz CT molecular complexity index is 1570. The van der Waals surface area contributed by atoms with E-state index in [2.05, 4.69) is 6.58 Å². The minimum atomic E-state index is -0.720. The number of hydrogen-bond acceptors (Lipinski definition) is 6. The van der Waals surface area contributed by atoms with Crippen LogP contribution in [0.3, 0.4) is 0 Å². The smallest absolute Gasteiger partial charge is 0.263 e. The topological polar surface area (TPSA) is 67.6 Å². The quantitative estimate of drug-likeness (QED) is 0.344. The first-order valence-corrected chi connectivity index (χ1v) is 12.2. The lowest BCUT2D eigenvalue weighted by Gasteiger charge is -2.17. The molecule has 0 amide bonds. The lowest BCUT2D eigenvalue weighted by molar-refractivity contribution is 0.414. The molecule has 1 fully saturated rings. The molecule has 0 unspecified atom stereocenters. The zero-order valence-corrected chi connectivity index (χ0v) is 20.7. The second-order valence-corrected chi connectivity index (χ2v) is 9.93. The molecule has 2 heterocycles. The molecule has 0 atom stereocenters. The van der Waals surface area contributed by atoms with Crippen molar-refractivity contribution in [2.75, 3.05) is 14.2 Å². The van der Waals surface area contributed by atoms with Gasteiger partial charge in [0, 0.05) is 24.2 Å². The van der Waals surface area contributed by atoms with Crippen molar-refractivity contribution in [1.82, 2.24) is 14.5 Å². The van der Waals surface area contributed by atoms with Crippen LogP contribution < -0.4 is 10.3 Å². The maximum Gasteiger partial charge on any atom is 0.263 e. The Kier molecular flexibility index (Phi) is 5.84. The van der Waals surface area contributed by atoms with Gasteiger partial charge in [-0.1, -0.05) is 6.58 Å². The summed E-state index contributed by atoms with van der Waals surface area (Å²) in [6, 6.07) is 8.57. The Morgan fingerprint density at radius 1 is 1.37 bits per heavy atom. The SMILES string of the molecule is C=CN(C)/C=C(\C)Cn1c(-c2ccc(OC)cc2C2CC2)nc2sc3c(O)c(F)ccc3c2c1=O. The van der Waals surface area contributed by atoms with Gasteiger partial charge < -0.3 is 14.7 Å². The summed E-state index contributed by atoms with van der Waals surface area (Å²) in [4.78, 5) is 21.2. The van der Waals surface area contributed by atoms with Crippen LogP contribution in [0, 0.1) is 5.82 Å². The summed E-state index contributed by atoms with van der Waals surface area (Å²) in [6.07, 6.45) is 5.75. The zero-order valence-electron chi connectivity index (χ0n) is 19.8. The second-order valence-electron chi connectivity index (χ2n) is 8.93. The van der Waals surface area contributed by atoms with Crippen LogP contribution >= 0.6 is 11.3 Å². The van der Waals surface area contributed by atoms with Crippen LogP contribution in [-0.4, -0.2) is 33.7 Å². The zero-order chi connectivity index (χ0) is 24.9. The van der Waals surface area contributed by atoms with E-state index in [-0.39, 0.29) is 5.56 Å². The molecule has 4 aromatic rings. The summed E-state index contributed by atoms with van der Waals surface area (Å²) in [5.41, 5.74) is 2.69. The summed E-state index contributed by atoms with van der Waals surface area (Å²) < 4.78 is 21.5. The van der Waals surface area contributed by atoms with Gasteiger partial charge in [-0.25, -0.2) is 9.37 Å². The molecule has 5 rings (SSSR count). The van der Waals surface area contributed by atoms with Gasteiger partial charge in [0.2, 0.25) is 0 Å². The average Bonchev–Trinajstić information content (AvgIpc) is 3.63. The predicted molar refractivity (Wildman–Crippen MR) is 139 cm³/mol. The molecule has 8 heteroatoms. The van der Waals surface area contributed by atoms with E-state index in [0.717, 1.165) is 46.6 Å². The van der Waals surface area contributed by atoms with Crippen LogP contribution in [-0.2, 0) is 6.54 Å². The van der Waals surface area contributed by atoms with Crippen molar-refractivity contribution in [1.29, 1.82) is 0 Å². The summed E-state index contributed by atoms with van der Waals surface area (Å²) in [7, 11) is 3.51. The third-order valence-electron chi connectivity index (χ3n) is 6.32. The van der Waals surface area contributed by atoms with Crippen molar-refractivity contribution in [3.63, 3.8) is 0 Å². The van der Waals surface area contributed by atoms with Crippen molar-refractivity contribution in [2.24, 2.45) is 0 Å². The number of methoxy groups -OCH3 is 1. The molecule has 1 aliphatic rings. The number of aromatic hydroxyl groups is 1. The van der Waals surface area contributed by atoms with Crippen LogP contribution in [0.4, 0.5) is 4.39 Å². The molecule has 1 aliphatic carbocycles. The fourth-order valence-electron chi connectivity index (χ4n) is 4.43. The van der Waals surface area contributed by atoms with E-state index in [9.17, 15) is 14.3 Å². The van der Waals surface area contributed by atoms with Crippen molar-refractivity contribution in [3.05, 3.63) is 76.6 Å². The number of hydrogen-bond donors (Lipinski definition) is 1. The maximum absolute atomic E-state index is 14.1. The Morgan fingerprint density at radius 2 is 2.14 bits per heavy atom. The van der Waals surface area contributed by atoms with Gasteiger partial charge in [-0.2, -0.15) is 0 Å². The highest BCUT2D eigenvalue weighted by Gasteiger charge is 2.29. The first-order valence-electron chi connectivity index (χ1n) is 11.4. The number of ether oxygens (including phenoxy) is 1. The Hall–Kier alpha value is -3.65. The number of aromatic nitrogens is 2. The van der Waals surface area contributed by atoms with Gasteiger partial charge in [0.15, 0.2) is 11.6 Å². The van der Waals surface area contributed by atoms with Gasteiger partial charge in [-0.15, -0.1) is 11.3 Å². The van der Waals surface area contributed by atoms with E-state index in [1.807, 2.05) is 43.3 Å². The molecule has 2 aromatic carbocycles. The largest absolute Gasteiger partial charge is 0.504 e. The minimum absolute atomic E-state index is 0.228. The van der Waals surface area contributed by atoms with Crippen LogP contribution in [0.25, 0.3) is 31.7 Å². The molecule has 1 N–H and O–H groups in total. The maximum atomic E-state index is 14.1. The number of halogens is 1. The van der Waals surface area contributed by atoms with Gasteiger partial charge >= 0.3 is 0 Å². The van der Waals surface area contributed by atoms with Gasteiger partial charge in [0.05, 0.1) is 23.7 Å². The van der Waals surface area contributed by atoms with Crippen LogP contribution in [0.1, 0.15) is 31.2 Å². The highest BCUT2D eigenvalue weighted by Crippen LogP contribution is 2.46. The minimum Gasteiger partial charge on any atom is -0.504 e. The number of phenolic OH excluding ortho intramolecular Hbond substituents is 1. The van der Waals surface area contributed by atoms with Crippen molar-refractivity contribution in [2.45, 2.75) is 32.2 Å². The Labute approximate surface area is 206 Å². The number of phenols is 1. The predicted octanol–water partition coefficient (Wildman–Crippen LogP) is 5.99. The average molecular weight is 492 g/mol. The normalized spacial score (nSPS) is 14.0. The molecule has 180 valence electrons. The molecule has 35 heavy (non-hydrogen) atoms. The number of thiophene rings is 1. The highest BCUT2D eigenvalue weighted by atomic mass is 32.1. The van der Waals surface area contributed by atoms with Crippen molar-refractivity contribution >= 4 is 31.6 Å². The molecule has 0 bridgehead atoms. The van der Waals surface area contributed by atoms with Crippen LogP contribution in [0.2, 0.25) is 0 Å². The Morgan fingerprint density at radius 3 is 2.83 bits per heavy atom. The molecule has 0 aliphatic heterocycles. The Balaban J connectivity index is 1.82. The first-order chi connectivity index (χ1) is 16.8. The lowest BCUT2D eigenvalue weighted by Crippen LogP contribution is -2.24. The number of nitrogens with zero attached hydrogens (tertiary/aromatic N) is 3. The molecule has 0 saturated heterocycles. The molecule has 2 aromatic heterocycles. The van der Waals surface area contributed by atoms with Gasteiger partial charge in [-0.3, -0.25) is 9.36 Å². The molecule has 0 radical (unpaired) electrons. The summed E-state index contributed by atoms with van der Waals surface area (Å²) in [5, 5.41) is 11.2. The van der Waals surface area contributed by atoms with Gasteiger partial charge in [0.25, 0.3) is 5.56 Å². The molecule has 0 spiro atoms.